The quantitative estimate of drug-likeness (QED) is 0.0140. The third-order valence-electron chi connectivity index (χ3n) is 14.8. The van der Waals surface area contributed by atoms with Crippen molar-refractivity contribution in [2.24, 2.45) is 0 Å². The van der Waals surface area contributed by atoms with Gasteiger partial charge in [-0.25, -0.2) is 19.1 Å². The van der Waals surface area contributed by atoms with Gasteiger partial charge >= 0.3 is 18.2 Å². The number of carbonyl (C=O) groups excluding carboxylic acids is 2. The van der Waals surface area contributed by atoms with Gasteiger partial charge in [0.1, 0.15) is 37.4 Å². The van der Waals surface area contributed by atoms with Crippen molar-refractivity contribution in [3.05, 3.63) is 245 Å². The Morgan fingerprint density at radius 3 is 1.65 bits per heavy atom. The highest BCUT2D eigenvalue weighted by Gasteiger charge is 2.32. The molecule has 0 radical (unpaired) electrons. The first-order valence-electron chi connectivity index (χ1n) is 27.4. The molecule has 424 valence electrons. The van der Waals surface area contributed by atoms with Crippen LogP contribution in [0.2, 0.25) is 0 Å². The van der Waals surface area contributed by atoms with Crippen LogP contribution in [0.1, 0.15) is 69.7 Å². The molecule has 8 aromatic rings. The van der Waals surface area contributed by atoms with Gasteiger partial charge in [0.15, 0.2) is 0 Å². The zero-order valence-electron chi connectivity index (χ0n) is 45.9. The first kappa shape index (κ1) is 58.6. The van der Waals surface area contributed by atoms with E-state index in [0.717, 1.165) is 89.2 Å². The first-order chi connectivity index (χ1) is 40.5. The number of fused-ring (bicyclic) bond motifs is 6. The van der Waals surface area contributed by atoms with Gasteiger partial charge in [-0.2, -0.15) is 0 Å². The van der Waals surface area contributed by atoms with E-state index in [4.69, 9.17) is 35.1 Å². The molecule has 2 unspecified atom stereocenters. The second-order valence-electron chi connectivity index (χ2n) is 20.0. The molecule has 0 saturated carbocycles. The molecule has 10 rings (SSSR count). The fraction of sp³-hybridized carbons (Fsp3) is 0.209. The van der Waals surface area contributed by atoms with Gasteiger partial charge < -0.3 is 33.9 Å². The van der Waals surface area contributed by atoms with Crippen LogP contribution in [-0.4, -0.2) is 85.2 Å². The van der Waals surface area contributed by atoms with Gasteiger partial charge in [0.25, 0.3) is 7.52 Å². The van der Waals surface area contributed by atoms with Crippen LogP contribution in [-0.2, 0) is 30.0 Å². The van der Waals surface area contributed by atoms with E-state index in [-0.39, 0.29) is 49.9 Å². The van der Waals surface area contributed by atoms with Crippen LogP contribution in [0.4, 0.5) is 9.59 Å². The molecule has 2 aliphatic carbocycles. The number of amides is 1. The highest BCUT2D eigenvalue weighted by molar-refractivity contribution is 8.76. The fourth-order valence-electron chi connectivity index (χ4n) is 10.7. The Hall–Kier alpha value is -7.55. The molecule has 2 N–H and O–H groups in total. The third kappa shape index (κ3) is 14.3. The number of halogens is 1. The van der Waals surface area contributed by atoms with Gasteiger partial charge in [-0.1, -0.05) is 192 Å². The summed E-state index contributed by atoms with van der Waals surface area (Å²) in [6.07, 6.45) is -0.806. The minimum atomic E-state index is -3.33. The summed E-state index contributed by atoms with van der Waals surface area (Å²) in [5.74, 6) is -0.0509. The number of nitrogens with zero attached hydrogens (tertiary/aromatic N) is 1. The minimum Gasteiger partial charge on any atom is -0.492 e. The van der Waals surface area contributed by atoms with Crippen molar-refractivity contribution < 1.29 is 47.5 Å². The smallest absolute Gasteiger partial charge is 0.492 e. The summed E-state index contributed by atoms with van der Waals surface area (Å²) in [5, 5.41) is 12.4. The summed E-state index contributed by atoms with van der Waals surface area (Å²) in [6, 6.07) is 64.4. The second kappa shape index (κ2) is 27.7. The molecule has 0 spiro atoms. The Balaban J connectivity index is 0.696. The lowest BCUT2D eigenvalue weighted by molar-refractivity contribution is -0.138. The van der Waals surface area contributed by atoms with E-state index in [9.17, 15) is 24.1 Å². The predicted octanol–water partition coefficient (Wildman–Crippen LogP) is 16.1. The molecular weight excluding hydrogens is 1120 g/mol. The van der Waals surface area contributed by atoms with Crippen LogP contribution in [0.5, 0.6) is 11.5 Å². The summed E-state index contributed by atoms with van der Waals surface area (Å²) in [6.45, 7) is 4.88. The lowest BCUT2D eigenvalue weighted by atomic mass is 9.88. The maximum Gasteiger partial charge on any atom is 0.513 e. The third-order valence-corrected chi connectivity index (χ3v) is 19.4. The molecule has 83 heavy (non-hydrogen) atoms. The van der Waals surface area contributed by atoms with Gasteiger partial charge in [0.2, 0.25) is 0 Å². The number of carboxylic acids is 1. The maximum atomic E-state index is 14.1. The number of alkyl carbamates (subject to hydrolysis) is 1. The van der Waals surface area contributed by atoms with Crippen molar-refractivity contribution in [1.82, 2.24) is 9.99 Å². The number of ether oxygens (including phenoxy) is 4. The van der Waals surface area contributed by atoms with Crippen molar-refractivity contribution in [2.75, 3.05) is 51.2 Å². The van der Waals surface area contributed by atoms with Crippen molar-refractivity contribution in [3.8, 4) is 33.8 Å². The number of nitrogens with one attached hydrogen (secondary N) is 1. The number of benzene rings is 8. The van der Waals surface area contributed by atoms with Gasteiger partial charge in [-0.3, -0.25) is 4.57 Å². The number of aliphatic carboxylic acids is 1. The monoisotopic (exact) mass is 1180 g/mol. The molecule has 0 heterocycles. The van der Waals surface area contributed by atoms with Gasteiger partial charge in [-0.05, 0) is 121 Å². The lowest BCUT2D eigenvalue weighted by Gasteiger charge is -2.28. The lowest BCUT2D eigenvalue weighted by Crippen LogP contribution is -2.43. The molecule has 0 fully saturated rings. The molecule has 8 aromatic carbocycles. The summed E-state index contributed by atoms with van der Waals surface area (Å²) < 4.78 is 45.1. The Kier molecular flexibility index (Phi) is 19.6. The standard InChI is InChI=1S/C67H62ClN2O10PS2/c1-3-52(46-15-5-4-6-16-46)64(48-29-33-50(34-30-48)80-67(74)78-43-62-59-23-13-9-19-55(59)56-20-10-14-24-60(56)62)47-27-31-49(32-28-47)76-40-39-70(38-37-68)81(2,75)79-41-45-25-35-51(36-26-45)83-82-44-63(65(71)72)69-66(73)77-42-61-57-21-11-7-17-53(57)54-18-8-12-22-58(54)61/h4-36,61-63H,3,37-44H2,1-2H3,(H,69,73)(H,71,72)/b64-52+. The molecule has 0 bridgehead atoms. The number of hydrogen-bond acceptors (Lipinski definition) is 11. The topological polar surface area (TPSA) is 150 Å². The summed E-state index contributed by atoms with van der Waals surface area (Å²) in [4.78, 5) is 39.0. The van der Waals surface area contributed by atoms with Crippen LogP contribution >= 0.6 is 40.7 Å². The zero-order valence-corrected chi connectivity index (χ0v) is 49.1. The normalized spacial score (nSPS) is 13.8. The number of rotatable bonds is 25. The largest absolute Gasteiger partial charge is 0.513 e. The highest BCUT2D eigenvalue weighted by atomic mass is 35.5. The SMILES string of the molecule is CC/C(=C(/c1ccc(OCCN(CCCl)P(C)(=O)OCc2ccc(SSCC(NC(=O)OCC3c4ccccc4-c4ccccc43)C(=O)O)cc2)cc1)c1ccc(OC(=O)OCC2c3ccccc3-c3ccccc32)cc1)c1ccccc1. The van der Waals surface area contributed by atoms with E-state index >= 15 is 0 Å². The Bertz CT molecular complexity index is 3550. The fourth-order valence-corrected chi connectivity index (χ4v) is 14.6. The van der Waals surface area contributed by atoms with Crippen LogP contribution in [0.25, 0.3) is 33.4 Å². The number of carbonyl (C=O) groups is 3. The van der Waals surface area contributed by atoms with Crippen LogP contribution in [0, 0.1) is 0 Å². The van der Waals surface area contributed by atoms with E-state index in [1.54, 1.807) is 23.5 Å². The predicted molar refractivity (Wildman–Crippen MR) is 332 cm³/mol. The van der Waals surface area contributed by atoms with Gasteiger partial charge in [-0.15, -0.1) is 11.6 Å². The molecule has 16 heteroatoms. The van der Waals surface area contributed by atoms with Crippen molar-refractivity contribution in [1.29, 1.82) is 0 Å². The Morgan fingerprint density at radius 1 is 0.627 bits per heavy atom. The van der Waals surface area contributed by atoms with E-state index in [0.29, 0.717) is 24.6 Å². The number of hydrogen-bond donors (Lipinski definition) is 2. The molecule has 0 aromatic heterocycles. The molecule has 2 aliphatic rings. The summed E-state index contributed by atoms with van der Waals surface area (Å²) in [5.41, 5.74) is 14.9. The zero-order chi connectivity index (χ0) is 57.7. The minimum absolute atomic E-state index is 0.0798. The average Bonchev–Trinajstić information content (AvgIpc) is 4.20. The molecule has 0 saturated heterocycles. The molecule has 12 nitrogen and oxygen atoms in total. The van der Waals surface area contributed by atoms with Crippen LogP contribution < -0.4 is 14.8 Å². The Labute approximate surface area is 497 Å². The highest BCUT2D eigenvalue weighted by Crippen LogP contribution is 2.49. The van der Waals surface area contributed by atoms with E-state index in [1.807, 2.05) is 140 Å². The Morgan fingerprint density at radius 2 is 1.13 bits per heavy atom. The molecule has 2 atom stereocenters. The molecular formula is C67H62ClN2O10PS2. The maximum absolute atomic E-state index is 14.1. The van der Waals surface area contributed by atoms with Crippen molar-refractivity contribution >= 4 is 70.1 Å². The number of carboxylic acid groups (broad SMARTS) is 1. The molecule has 1 amide bonds. The van der Waals surface area contributed by atoms with E-state index in [2.05, 4.69) is 60.8 Å². The average molecular weight is 1190 g/mol. The summed E-state index contributed by atoms with van der Waals surface area (Å²) >= 11 is 6.22. The van der Waals surface area contributed by atoms with Gasteiger partial charge in [0, 0.05) is 48.1 Å². The van der Waals surface area contributed by atoms with Crippen molar-refractivity contribution in [3.63, 3.8) is 0 Å². The van der Waals surface area contributed by atoms with Gasteiger partial charge in [0.05, 0.1) is 6.61 Å². The van der Waals surface area contributed by atoms with Crippen LogP contribution in [0.3, 0.4) is 0 Å². The number of allylic oxidation sites excluding steroid dienone is 1. The number of alkyl halides is 1. The van der Waals surface area contributed by atoms with E-state index in [1.165, 1.54) is 21.6 Å². The van der Waals surface area contributed by atoms with Crippen LogP contribution in [0.15, 0.2) is 205 Å². The van der Waals surface area contributed by atoms with E-state index < -0.39 is 31.8 Å². The summed E-state index contributed by atoms with van der Waals surface area (Å²) in [7, 11) is -0.658. The first-order valence-corrected chi connectivity index (χ1v) is 32.3. The molecule has 0 aliphatic heterocycles. The second-order valence-corrected chi connectivity index (χ2v) is 25.2. The van der Waals surface area contributed by atoms with Crippen molar-refractivity contribution in [2.45, 2.75) is 42.7 Å².